The summed E-state index contributed by atoms with van der Waals surface area (Å²) in [5.41, 5.74) is 0.864. The highest BCUT2D eigenvalue weighted by atomic mass is 16.6. The van der Waals surface area contributed by atoms with Crippen molar-refractivity contribution in [3.8, 4) is 0 Å². The Hall–Kier alpha value is -0.570. The zero-order chi connectivity index (χ0) is 17.6. The summed E-state index contributed by atoms with van der Waals surface area (Å²) in [4.78, 5) is 11.6. The Morgan fingerprint density at radius 1 is 1.00 bits per heavy atom. The van der Waals surface area contributed by atoms with Crippen LogP contribution in [0.3, 0.4) is 0 Å². The molecule has 1 heterocycles. The van der Waals surface area contributed by atoms with E-state index in [0.717, 1.165) is 30.1 Å². The lowest BCUT2D eigenvalue weighted by Crippen LogP contribution is -2.55. The van der Waals surface area contributed by atoms with Crippen molar-refractivity contribution in [2.45, 2.75) is 96.9 Å². The van der Waals surface area contributed by atoms with E-state index in [1.54, 1.807) is 6.92 Å². The summed E-state index contributed by atoms with van der Waals surface area (Å²) < 4.78 is 11.9. The number of hydrogen-bond acceptors (Lipinski definition) is 3. The van der Waals surface area contributed by atoms with E-state index in [1.807, 2.05) is 0 Å². The van der Waals surface area contributed by atoms with Crippen LogP contribution in [0.15, 0.2) is 0 Å². The Morgan fingerprint density at radius 3 is 2.52 bits per heavy atom. The van der Waals surface area contributed by atoms with Crippen LogP contribution in [0, 0.1) is 34.5 Å². The number of carbonyl (C=O) groups excluding carboxylic acids is 1. The van der Waals surface area contributed by atoms with Gasteiger partial charge in [-0.05, 0) is 87.4 Å². The molecule has 5 aliphatic rings. The molecule has 4 aliphatic carbocycles. The zero-order valence-electron chi connectivity index (χ0n) is 16.3. The first-order valence-electron chi connectivity index (χ1n) is 10.6. The third-order valence-corrected chi connectivity index (χ3v) is 9.55. The smallest absolute Gasteiger partial charge is 0.302 e. The molecule has 5 rings (SSSR count). The molecule has 3 heteroatoms. The largest absolute Gasteiger partial charge is 0.462 e. The van der Waals surface area contributed by atoms with Crippen LogP contribution in [-0.4, -0.2) is 23.8 Å². The van der Waals surface area contributed by atoms with Crippen LogP contribution >= 0.6 is 0 Å². The summed E-state index contributed by atoms with van der Waals surface area (Å²) in [5, 5.41) is 0. The number of ether oxygens (including phenoxy) is 2. The van der Waals surface area contributed by atoms with E-state index in [0.29, 0.717) is 11.5 Å². The van der Waals surface area contributed by atoms with Gasteiger partial charge in [0.05, 0.1) is 11.7 Å². The van der Waals surface area contributed by atoms with E-state index >= 15 is 0 Å². The fourth-order valence-corrected chi connectivity index (χ4v) is 8.30. The van der Waals surface area contributed by atoms with Gasteiger partial charge in [-0.1, -0.05) is 13.8 Å². The van der Waals surface area contributed by atoms with Crippen LogP contribution in [-0.2, 0) is 14.3 Å². The molecule has 9 atom stereocenters. The van der Waals surface area contributed by atoms with E-state index < -0.39 is 0 Å². The summed E-state index contributed by atoms with van der Waals surface area (Å²) in [5.74, 6) is 3.20. The fraction of sp³-hybridized carbons (Fsp3) is 0.955. The standard InChI is InChI=1S/C22H34O3/c1-13(23)24-18-8-7-16-15-6-5-14-11-19-22(4,25-19)12-21(14,3)17(15)9-10-20(16,18)2/h14-19H,5-12H2,1-4H3/t14-,15-,16-,17-,18-,19+,20-,21-,22-/m0/s1. The van der Waals surface area contributed by atoms with Crippen molar-refractivity contribution in [3.63, 3.8) is 0 Å². The average molecular weight is 347 g/mol. The Morgan fingerprint density at radius 2 is 1.76 bits per heavy atom. The predicted molar refractivity (Wildman–Crippen MR) is 95.9 cm³/mol. The van der Waals surface area contributed by atoms with Crippen molar-refractivity contribution in [2.75, 3.05) is 0 Å². The van der Waals surface area contributed by atoms with Crippen molar-refractivity contribution < 1.29 is 14.3 Å². The zero-order valence-corrected chi connectivity index (χ0v) is 16.3. The molecule has 0 radical (unpaired) electrons. The van der Waals surface area contributed by atoms with Gasteiger partial charge in [-0.2, -0.15) is 0 Å². The molecule has 3 nitrogen and oxygen atoms in total. The van der Waals surface area contributed by atoms with Crippen LogP contribution in [0.25, 0.3) is 0 Å². The molecular weight excluding hydrogens is 312 g/mol. The summed E-state index contributed by atoms with van der Waals surface area (Å²) in [6, 6.07) is 0. The van der Waals surface area contributed by atoms with Crippen molar-refractivity contribution in [2.24, 2.45) is 34.5 Å². The first-order chi connectivity index (χ1) is 11.8. The summed E-state index contributed by atoms with van der Waals surface area (Å²) in [7, 11) is 0. The molecule has 0 amide bonds. The first kappa shape index (κ1) is 16.6. The maximum Gasteiger partial charge on any atom is 0.302 e. The lowest BCUT2D eigenvalue weighted by molar-refractivity contribution is -0.161. The second-order valence-electron chi connectivity index (χ2n) is 10.7. The number of fused-ring (bicyclic) bond motifs is 6. The number of epoxide rings is 1. The van der Waals surface area contributed by atoms with E-state index in [9.17, 15) is 4.79 Å². The molecule has 1 saturated heterocycles. The van der Waals surface area contributed by atoms with Gasteiger partial charge < -0.3 is 9.47 Å². The molecule has 4 saturated carbocycles. The minimum atomic E-state index is -0.0956. The molecule has 0 aromatic carbocycles. The highest BCUT2D eigenvalue weighted by molar-refractivity contribution is 5.66. The molecule has 0 N–H and O–H groups in total. The number of rotatable bonds is 1. The van der Waals surface area contributed by atoms with Crippen molar-refractivity contribution in [3.05, 3.63) is 0 Å². The van der Waals surface area contributed by atoms with Crippen LogP contribution in [0.2, 0.25) is 0 Å². The Kier molecular flexibility index (Phi) is 3.34. The fourth-order valence-electron chi connectivity index (χ4n) is 8.30. The molecule has 0 unspecified atom stereocenters. The third kappa shape index (κ3) is 2.17. The Balaban J connectivity index is 1.42. The lowest BCUT2D eigenvalue weighted by Gasteiger charge is -2.60. The first-order valence-corrected chi connectivity index (χ1v) is 10.6. The number of carbonyl (C=O) groups is 1. The molecular formula is C22H34O3. The highest BCUT2D eigenvalue weighted by Crippen LogP contribution is 2.69. The Labute approximate surface area is 152 Å². The quantitative estimate of drug-likeness (QED) is 0.509. The number of esters is 1. The van der Waals surface area contributed by atoms with Gasteiger partial charge in [0.15, 0.2) is 0 Å². The van der Waals surface area contributed by atoms with Crippen molar-refractivity contribution >= 4 is 5.97 Å². The topological polar surface area (TPSA) is 38.8 Å². The van der Waals surface area contributed by atoms with Crippen LogP contribution < -0.4 is 0 Å². The van der Waals surface area contributed by atoms with Crippen LogP contribution in [0.1, 0.15) is 79.1 Å². The second kappa shape index (κ2) is 5.03. The van der Waals surface area contributed by atoms with E-state index in [1.165, 1.54) is 44.9 Å². The van der Waals surface area contributed by atoms with Gasteiger partial charge in [0.1, 0.15) is 6.10 Å². The van der Waals surface area contributed by atoms with Gasteiger partial charge in [0.25, 0.3) is 0 Å². The normalized spacial score (nSPS) is 59.2. The maximum absolute atomic E-state index is 11.6. The molecule has 0 aromatic rings. The maximum atomic E-state index is 11.6. The van der Waals surface area contributed by atoms with Crippen LogP contribution in [0.5, 0.6) is 0 Å². The number of hydrogen-bond donors (Lipinski definition) is 0. The van der Waals surface area contributed by atoms with Crippen molar-refractivity contribution in [1.82, 2.24) is 0 Å². The molecule has 25 heavy (non-hydrogen) atoms. The summed E-state index contributed by atoms with van der Waals surface area (Å²) in [6.07, 6.45) is 10.9. The van der Waals surface area contributed by atoms with Gasteiger partial charge in [-0.3, -0.25) is 4.79 Å². The predicted octanol–water partition coefficient (Wildman–Crippen LogP) is 4.73. The van der Waals surface area contributed by atoms with Gasteiger partial charge in [0, 0.05) is 12.3 Å². The van der Waals surface area contributed by atoms with Gasteiger partial charge >= 0.3 is 5.97 Å². The van der Waals surface area contributed by atoms with Crippen molar-refractivity contribution in [1.29, 1.82) is 0 Å². The lowest BCUT2D eigenvalue weighted by atomic mass is 9.44. The van der Waals surface area contributed by atoms with E-state index in [-0.39, 0.29) is 23.1 Å². The second-order valence-corrected chi connectivity index (χ2v) is 10.7. The minimum absolute atomic E-state index is 0.0956. The van der Waals surface area contributed by atoms with E-state index in [4.69, 9.17) is 9.47 Å². The minimum Gasteiger partial charge on any atom is -0.462 e. The monoisotopic (exact) mass is 346 g/mol. The molecule has 5 fully saturated rings. The molecule has 0 spiro atoms. The molecule has 1 aliphatic heterocycles. The van der Waals surface area contributed by atoms with Gasteiger partial charge in [0.2, 0.25) is 0 Å². The van der Waals surface area contributed by atoms with Gasteiger partial charge in [-0.25, -0.2) is 0 Å². The highest BCUT2D eigenvalue weighted by Gasteiger charge is 2.67. The Bertz CT molecular complexity index is 602. The molecule has 0 bridgehead atoms. The van der Waals surface area contributed by atoms with E-state index in [2.05, 4.69) is 20.8 Å². The summed E-state index contributed by atoms with van der Waals surface area (Å²) in [6.45, 7) is 8.94. The summed E-state index contributed by atoms with van der Waals surface area (Å²) >= 11 is 0. The molecule has 0 aromatic heterocycles. The molecule has 140 valence electrons. The van der Waals surface area contributed by atoms with Gasteiger partial charge in [-0.15, -0.1) is 0 Å². The average Bonchev–Trinajstić information content (AvgIpc) is 3.06. The SMILES string of the molecule is CC(=O)O[C@H]1CC[C@H]2[C@@H]3CC[C@H]4C[C@H]5O[C@@]5(C)C[C@]4(C)[C@H]3CC[C@]12C. The third-order valence-electron chi connectivity index (χ3n) is 9.55. The van der Waals surface area contributed by atoms with Crippen LogP contribution in [0.4, 0.5) is 0 Å².